The van der Waals surface area contributed by atoms with E-state index in [9.17, 15) is 4.79 Å². The number of halogens is 2. The number of carbonyl (C=O) groups excluding carboxylic acids is 1. The minimum atomic E-state index is -0.148. The minimum Gasteiger partial charge on any atom is -0.348 e. The van der Waals surface area contributed by atoms with Crippen LogP contribution >= 0.6 is 27.5 Å². The molecule has 0 bridgehead atoms. The summed E-state index contributed by atoms with van der Waals surface area (Å²) in [5, 5.41) is 3.38. The Labute approximate surface area is 125 Å². The Bertz CT molecular complexity index is 616. The molecule has 0 aliphatic heterocycles. The largest absolute Gasteiger partial charge is 0.348 e. The van der Waals surface area contributed by atoms with Crippen LogP contribution in [0, 0.1) is 6.92 Å². The average Bonchev–Trinajstić information content (AvgIpc) is 2.40. The van der Waals surface area contributed by atoms with E-state index in [0.29, 0.717) is 17.1 Å². The van der Waals surface area contributed by atoms with Gasteiger partial charge in [-0.1, -0.05) is 11.6 Å². The maximum Gasteiger partial charge on any atom is 0.251 e. The van der Waals surface area contributed by atoms with Gasteiger partial charge < -0.3 is 5.32 Å². The van der Waals surface area contributed by atoms with Crippen LogP contribution in [0.15, 0.2) is 41.1 Å². The first kappa shape index (κ1) is 14.0. The molecular formula is C14H12BrClN2O. The lowest BCUT2D eigenvalue weighted by atomic mass is 10.1. The zero-order valence-corrected chi connectivity index (χ0v) is 12.6. The van der Waals surface area contributed by atoms with Gasteiger partial charge in [-0.25, -0.2) is 0 Å². The molecular weight excluding hydrogens is 328 g/mol. The number of hydrogen-bond donors (Lipinski definition) is 1. The van der Waals surface area contributed by atoms with Crippen LogP contribution in [-0.2, 0) is 6.54 Å². The predicted octanol–water partition coefficient (Wildman–Crippen LogP) is 3.74. The van der Waals surface area contributed by atoms with Crippen molar-refractivity contribution in [2.75, 3.05) is 0 Å². The van der Waals surface area contributed by atoms with Crippen LogP contribution in [0.4, 0.5) is 0 Å². The van der Waals surface area contributed by atoms with Gasteiger partial charge in [0.1, 0.15) is 0 Å². The highest BCUT2D eigenvalue weighted by Crippen LogP contribution is 2.23. The number of amides is 1. The second-order valence-electron chi connectivity index (χ2n) is 4.11. The Kier molecular flexibility index (Phi) is 4.56. The number of aromatic nitrogens is 1. The van der Waals surface area contributed by atoms with Crippen LogP contribution < -0.4 is 5.32 Å². The third kappa shape index (κ3) is 3.55. The van der Waals surface area contributed by atoms with E-state index in [0.717, 1.165) is 15.6 Å². The Hall–Kier alpha value is -1.39. The van der Waals surface area contributed by atoms with Crippen LogP contribution in [0.25, 0.3) is 0 Å². The van der Waals surface area contributed by atoms with E-state index in [1.165, 1.54) is 0 Å². The minimum absolute atomic E-state index is 0.148. The van der Waals surface area contributed by atoms with Gasteiger partial charge in [0.25, 0.3) is 5.91 Å². The summed E-state index contributed by atoms with van der Waals surface area (Å²) in [6.45, 7) is 2.44. The summed E-state index contributed by atoms with van der Waals surface area (Å²) in [5.74, 6) is -0.148. The summed E-state index contributed by atoms with van der Waals surface area (Å²) in [6, 6.07) is 7.02. The lowest BCUT2D eigenvalue weighted by molar-refractivity contribution is 0.0951. The van der Waals surface area contributed by atoms with Gasteiger partial charge in [-0.2, -0.15) is 0 Å². The van der Waals surface area contributed by atoms with Crippen LogP contribution in [0.3, 0.4) is 0 Å². The molecule has 0 fully saturated rings. The number of hydrogen-bond acceptors (Lipinski definition) is 2. The lowest BCUT2D eigenvalue weighted by Crippen LogP contribution is -2.23. The topological polar surface area (TPSA) is 42.0 Å². The Balaban J connectivity index is 2.05. The zero-order valence-electron chi connectivity index (χ0n) is 10.3. The molecule has 1 heterocycles. The zero-order chi connectivity index (χ0) is 13.8. The first-order valence-electron chi connectivity index (χ1n) is 5.70. The quantitative estimate of drug-likeness (QED) is 0.925. The molecule has 0 saturated heterocycles. The van der Waals surface area contributed by atoms with Crippen molar-refractivity contribution in [3.8, 4) is 0 Å². The molecule has 19 heavy (non-hydrogen) atoms. The molecule has 0 aliphatic carbocycles. The summed E-state index contributed by atoms with van der Waals surface area (Å²) in [4.78, 5) is 16.0. The van der Waals surface area contributed by atoms with Crippen LogP contribution in [0.5, 0.6) is 0 Å². The van der Waals surface area contributed by atoms with Gasteiger partial charge in [-0.3, -0.25) is 9.78 Å². The van der Waals surface area contributed by atoms with E-state index in [4.69, 9.17) is 11.6 Å². The number of nitrogens with zero attached hydrogens (tertiary/aromatic N) is 1. The van der Waals surface area contributed by atoms with Crippen LogP contribution in [0.2, 0.25) is 5.02 Å². The fourth-order valence-electron chi connectivity index (χ4n) is 1.62. The highest BCUT2D eigenvalue weighted by molar-refractivity contribution is 9.10. The molecule has 2 rings (SSSR count). The van der Waals surface area contributed by atoms with Gasteiger partial charge in [-0.05, 0) is 58.2 Å². The van der Waals surface area contributed by atoms with Gasteiger partial charge in [-0.15, -0.1) is 0 Å². The molecule has 0 unspecified atom stereocenters. The van der Waals surface area contributed by atoms with E-state index < -0.39 is 0 Å². The first-order valence-corrected chi connectivity index (χ1v) is 6.88. The Morgan fingerprint density at radius 3 is 2.89 bits per heavy atom. The fraction of sp³-hybridized carbons (Fsp3) is 0.143. The second-order valence-corrected chi connectivity index (χ2v) is 5.38. The predicted molar refractivity (Wildman–Crippen MR) is 79.3 cm³/mol. The SMILES string of the molecule is Cc1cnccc1CNC(=O)c1ccc(Br)c(Cl)c1. The maximum absolute atomic E-state index is 12.0. The van der Waals surface area contributed by atoms with Gasteiger partial charge in [0, 0.05) is 29.0 Å². The van der Waals surface area contributed by atoms with Gasteiger partial charge in [0.05, 0.1) is 5.02 Å². The molecule has 2 aromatic rings. The average molecular weight is 340 g/mol. The van der Waals surface area contributed by atoms with Gasteiger partial charge in [0.15, 0.2) is 0 Å². The van der Waals surface area contributed by atoms with Crippen LogP contribution in [-0.4, -0.2) is 10.9 Å². The lowest BCUT2D eigenvalue weighted by Gasteiger charge is -2.08. The van der Waals surface area contributed by atoms with E-state index in [1.54, 1.807) is 30.6 Å². The number of benzene rings is 1. The fourth-order valence-corrected chi connectivity index (χ4v) is 2.04. The summed E-state index contributed by atoms with van der Waals surface area (Å²) in [6.07, 6.45) is 3.49. The summed E-state index contributed by atoms with van der Waals surface area (Å²) in [5.41, 5.74) is 2.64. The standard InChI is InChI=1S/C14H12BrClN2O/c1-9-7-17-5-4-11(9)8-18-14(19)10-2-3-12(15)13(16)6-10/h2-7H,8H2,1H3,(H,18,19). The van der Waals surface area contributed by atoms with Crippen molar-refractivity contribution in [2.24, 2.45) is 0 Å². The number of aryl methyl sites for hydroxylation is 1. The van der Waals surface area contributed by atoms with Gasteiger partial charge in [0.2, 0.25) is 0 Å². The maximum atomic E-state index is 12.0. The second kappa shape index (κ2) is 6.17. The van der Waals surface area contributed by atoms with E-state index in [-0.39, 0.29) is 5.91 Å². The number of pyridine rings is 1. The van der Waals surface area contributed by atoms with Crippen molar-refractivity contribution in [3.05, 3.63) is 62.8 Å². The molecule has 0 spiro atoms. The highest BCUT2D eigenvalue weighted by Gasteiger charge is 2.08. The van der Waals surface area contributed by atoms with Crippen molar-refractivity contribution in [2.45, 2.75) is 13.5 Å². The smallest absolute Gasteiger partial charge is 0.251 e. The molecule has 1 N–H and O–H groups in total. The molecule has 1 aromatic heterocycles. The first-order chi connectivity index (χ1) is 9.08. The molecule has 0 atom stereocenters. The molecule has 0 saturated carbocycles. The Morgan fingerprint density at radius 2 is 2.21 bits per heavy atom. The normalized spacial score (nSPS) is 10.3. The third-order valence-corrected chi connectivity index (χ3v) is 3.99. The van der Waals surface area contributed by atoms with E-state index >= 15 is 0 Å². The molecule has 1 amide bonds. The highest BCUT2D eigenvalue weighted by atomic mass is 79.9. The van der Waals surface area contributed by atoms with E-state index in [1.807, 2.05) is 13.0 Å². The molecule has 98 valence electrons. The monoisotopic (exact) mass is 338 g/mol. The van der Waals surface area contributed by atoms with Crippen molar-refractivity contribution < 1.29 is 4.79 Å². The number of rotatable bonds is 3. The summed E-state index contributed by atoms with van der Waals surface area (Å²) >= 11 is 9.26. The van der Waals surface area contributed by atoms with E-state index in [2.05, 4.69) is 26.2 Å². The van der Waals surface area contributed by atoms with Gasteiger partial charge >= 0.3 is 0 Å². The number of nitrogens with one attached hydrogen (secondary N) is 1. The molecule has 0 radical (unpaired) electrons. The number of carbonyl (C=O) groups is 1. The Morgan fingerprint density at radius 1 is 1.42 bits per heavy atom. The van der Waals surface area contributed by atoms with Crippen molar-refractivity contribution in [1.29, 1.82) is 0 Å². The third-order valence-electron chi connectivity index (χ3n) is 2.76. The molecule has 0 aliphatic rings. The molecule has 3 nitrogen and oxygen atoms in total. The van der Waals surface area contributed by atoms with Crippen LogP contribution in [0.1, 0.15) is 21.5 Å². The molecule has 5 heteroatoms. The van der Waals surface area contributed by atoms with Crippen molar-refractivity contribution >= 4 is 33.4 Å². The van der Waals surface area contributed by atoms with Crippen molar-refractivity contribution in [3.63, 3.8) is 0 Å². The van der Waals surface area contributed by atoms with Crippen molar-refractivity contribution in [1.82, 2.24) is 10.3 Å². The summed E-state index contributed by atoms with van der Waals surface area (Å²) in [7, 11) is 0. The summed E-state index contributed by atoms with van der Waals surface area (Å²) < 4.78 is 0.774. The molecule has 1 aromatic carbocycles.